The van der Waals surface area contributed by atoms with E-state index in [-0.39, 0.29) is 12.1 Å². The zero-order valence-corrected chi connectivity index (χ0v) is 22.3. The molecule has 1 saturated heterocycles. The van der Waals surface area contributed by atoms with E-state index in [0.717, 1.165) is 34.6 Å². The maximum atomic E-state index is 11.8. The van der Waals surface area contributed by atoms with Gasteiger partial charge in [0.2, 0.25) is 10.0 Å². The number of methoxy groups -OCH3 is 1. The average Bonchev–Trinajstić information content (AvgIpc) is 3.48. The van der Waals surface area contributed by atoms with Gasteiger partial charge in [0.1, 0.15) is 11.8 Å². The lowest BCUT2D eigenvalue weighted by molar-refractivity contribution is 0.417. The molecule has 0 bridgehead atoms. The highest BCUT2D eigenvalue weighted by molar-refractivity contribution is 7.92. The second-order valence-electron chi connectivity index (χ2n) is 8.90. The predicted octanol–water partition coefficient (Wildman–Crippen LogP) is 4.74. The molecule has 0 radical (unpaired) electrons. The summed E-state index contributed by atoms with van der Waals surface area (Å²) in [4.78, 5) is 6.66. The van der Waals surface area contributed by atoms with Crippen molar-refractivity contribution >= 4 is 38.7 Å². The summed E-state index contributed by atoms with van der Waals surface area (Å²) in [6.45, 7) is 2.07. The van der Waals surface area contributed by atoms with Crippen LogP contribution in [0.4, 0.5) is 11.4 Å². The highest BCUT2D eigenvalue weighted by Crippen LogP contribution is 2.44. The molecule has 2 N–H and O–H groups in total. The first-order valence-corrected chi connectivity index (χ1v) is 14.0. The summed E-state index contributed by atoms with van der Waals surface area (Å²) in [7, 11) is -1.97. The molecule has 2 aromatic carbocycles. The molecule has 1 aliphatic heterocycles. The van der Waals surface area contributed by atoms with Gasteiger partial charge in [0.05, 0.1) is 30.8 Å². The molecule has 2 atom stereocenters. The summed E-state index contributed by atoms with van der Waals surface area (Å²) in [6.07, 6.45) is 4.92. The first kappa shape index (κ1) is 24.8. The lowest BCUT2D eigenvalue weighted by Gasteiger charge is -2.29. The van der Waals surface area contributed by atoms with Gasteiger partial charge in [-0.05, 0) is 73.2 Å². The van der Waals surface area contributed by atoms with Crippen molar-refractivity contribution in [3.8, 4) is 11.4 Å². The third-order valence-electron chi connectivity index (χ3n) is 6.22. The fourth-order valence-corrected chi connectivity index (χ4v) is 5.61. The molecule has 0 amide bonds. The number of nitrogens with zero attached hydrogens (tertiary/aromatic N) is 3. The molecule has 0 spiro atoms. The minimum absolute atomic E-state index is 0.230. The number of anilines is 2. The van der Waals surface area contributed by atoms with Crippen molar-refractivity contribution in [2.24, 2.45) is 0 Å². The molecule has 0 saturated carbocycles. The van der Waals surface area contributed by atoms with E-state index in [0.29, 0.717) is 16.5 Å². The second-order valence-corrected chi connectivity index (χ2v) is 11.0. The van der Waals surface area contributed by atoms with Crippen LogP contribution in [-0.4, -0.2) is 36.4 Å². The van der Waals surface area contributed by atoms with Gasteiger partial charge in [-0.1, -0.05) is 18.2 Å². The van der Waals surface area contributed by atoms with Crippen molar-refractivity contribution in [2.45, 2.75) is 19.0 Å². The number of thiocarbonyl (C=S) groups is 1. The van der Waals surface area contributed by atoms with Gasteiger partial charge >= 0.3 is 0 Å². The molecule has 1 fully saturated rings. The predicted molar refractivity (Wildman–Crippen MR) is 150 cm³/mol. The number of rotatable bonds is 7. The van der Waals surface area contributed by atoms with Crippen LogP contribution in [0.25, 0.3) is 5.69 Å². The lowest BCUT2D eigenvalue weighted by Crippen LogP contribution is -2.30. The highest BCUT2D eigenvalue weighted by atomic mass is 32.2. The molecule has 37 heavy (non-hydrogen) atoms. The van der Waals surface area contributed by atoms with E-state index in [9.17, 15) is 8.42 Å². The van der Waals surface area contributed by atoms with Crippen molar-refractivity contribution < 1.29 is 13.2 Å². The standard InChI is InChI=1S/C27H27N5O3S2/c1-18-8-6-9-19(16-18)31-15-7-11-23(31)26-25(22-10-4-5-14-28-22)29-27(36)32(26)20-12-13-21(24(17-20)35-2)30-37(3,33)34/h4-17,25-26,30H,1-3H3,(H,29,36)/t25-,26-/m0/s1. The Bertz CT molecular complexity index is 1550. The smallest absolute Gasteiger partial charge is 0.229 e. The quantitative estimate of drug-likeness (QED) is 0.332. The first-order chi connectivity index (χ1) is 17.7. The highest BCUT2D eigenvalue weighted by Gasteiger charge is 2.42. The van der Waals surface area contributed by atoms with E-state index in [1.54, 1.807) is 18.3 Å². The van der Waals surface area contributed by atoms with E-state index in [1.807, 2.05) is 47.5 Å². The van der Waals surface area contributed by atoms with Crippen LogP contribution in [0.1, 0.15) is 29.0 Å². The fourth-order valence-electron chi connectivity index (χ4n) is 4.70. The molecule has 0 aliphatic carbocycles. The minimum Gasteiger partial charge on any atom is -0.494 e. The molecule has 190 valence electrons. The molecule has 4 aromatic rings. The van der Waals surface area contributed by atoms with E-state index >= 15 is 0 Å². The van der Waals surface area contributed by atoms with Gasteiger partial charge in [-0.3, -0.25) is 9.71 Å². The lowest BCUT2D eigenvalue weighted by atomic mass is 10.0. The molecule has 3 heterocycles. The van der Waals surface area contributed by atoms with Crippen LogP contribution in [0, 0.1) is 6.92 Å². The number of hydrogen-bond donors (Lipinski definition) is 2. The Hall–Kier alpha value is -3.89. The topological polar surface area (TPSA) is 88.5 Å². The molecule has 10 heteroatoms. The van der Waals surface area contributed by atoms with Crippen molar-refractivity contribution in [2.75, 3.05) is 23.0 Å². The van der Waals surface area contributed by atoms with Gasteiger partial charge in [0, 0.05) is 35.5 Å². The number of aromatic nitrogens is 2. The molecule has 2 aromatic heterocycles. The van der Waals surface area contributed by atoms with Crippen molar-refractivity contribution in [1.29, 1.82) is 0 Å². The average molecular weight is 534 g/mol. The van der Waals surface area contributed by atoms with Crippen LogP contribution in [0.3, 0.4) is 0 Å². The van der Waals surface area contributed by atoms with Gasteiger partial charge in [0.15, 0.2) is 5.11 Å². The Kier molecular flexibility index (Phi) is 6.61. The Balaban J connectivity index is 1.65. The van der Waals surface area contributed by atoms with Crippen molar-refractivity contribution in [1.82, 2.24) is 14.9 Å². The van der Waals surface area contributed by atoms with Gasteiger partial charge in [0.25, 0.3) is 0 Å². The number of hydrogen-bond acceptors (Lipinski definition) is 5. The molecule has 8 nitrogen and oxygen atoms in total. The number of sulfonamides is 1. The van der Waals surface area contributed by atoms with Crippen LogP contribution >= 0.6 is 12.2 Å². The largest absolute Gasteiger partial charge is 0.494 e. The summed E-state index contributed by atoms with van der Waals surface area (Å²) >= 11 is 5.86. The molecule has 5 rings (SSSR count). The van der Waals surface area contributed by atoms with Crippen LogP contribution in [0.5, 0.6) is 5.75 Å². The third kappa shape index (κ3) is 5.03. The molecule has 1 aliphatic rings. The van der Waals surface area contributed by atoms with E-state index in [4.69, 9.17) is 17.0 Å². The number of nitrogens with one attached hydrogen (secondary N) is 2. The molecular weight excluding hydrogens is 506 g/mol. The zero-order chi connectivity index (χ0) is 26.2. The van der Waals surface area contributed by atoms with E-state index in [1.165, 1.54) is 7.11 Å². The monoisotopic (exact) mass is 533 g/mol. The number of ether oxygens (including phenoxy) is 1. The number of pyridine rings is 1. The van der Waals surface area contributed by atoms with Crippen LogP contribution in [-0.2, 0) is 10.0 Å². The molecule has 0 unspecified atom stereocenters. The maximum absolute atomic E-state index is 11.8. The summed E-state index contributed by atoms with van der Waals surface area (Å²) in [5, 5.41) is 4.00. The normalized spacial score (nSPS) is 17.5. The van der Waals surface area contributed by atoms with Gasteiger partial charge < -0.3 is 19.5 Å². The number of benzene rings is 2. The summed E-state index contributed by atoms with van der Waals surface area (Å²) in [5.74, 6) is 0.389. The Morgan fingerprint density at radius 3 is 2.57 bits per heavy atom. The fraction of sp³-hybridized carbons (Fsp3) is 0.185. The van der Waals surface area contributed by atoms with E-state index < -0.39 is 10.0 Å². The van der Waals surface area contributed by atoms with Gasteiger partial charge in [-0.2, -0.15) is 0 Å². The zero-order valence-electron chi connectivity index (χ0n) is 20.6. The van der Waals surface area contributed by atoms with Gasteiger partial charge in [-0.15, -0.1) is 0 Å². The Morgan fingerprint density at radius 1 is 1.03 bits per heavy atom. The van der Waals surface area contributed by atoms with Crippen molar-refractivity contribution in [3.63, 3.8) is 0 Å². The Morgan fingerprint density at radius 2 is 1.86 bits per heavy atom. The third-order valence-corrected chi connectivity index (χ3v) is 7.13. The summed E-state index contributed by atoms with van der Waals surface area (Å²) < 4.78 is 33.9. The van der Waals surface area contributed by atoms with E-state index in [2.05, 4.69) is 50.8 Å². The molecular formula is C27H27N5O3S2. The SMILES string of the molecule is COc1cc(N2C(=S)N[C@@H](c3ccccn3)[C@@H]2c2cccn2-c2cccc(C)c2)ccc1NS(C)(=O)=O. The first-order valence-electron chi connectivity index (χ1n) is 11.7. The van der Waals surface area contributed by atoms with Crippen LogP contribution in [0.15, 0.2) is 85.2 Å². The summed E-state index contributed by atoms with van der Waals surface area (Å²) in [5.41, 5.74) is 5.20. The van der Waals surface area contributed by atoms with Crippen LogP contribution < -0.4 is 19.7 Å². The number of aryl methyl sites for hydroxylation is 1. The summed E-state index contributed by atoms with van der Waals surface area (Å²) in [6, 6.07) is 23.1. The van der Waals surface area contributed by atoms with Crippen molar-refractivity contribution in [3.05, 3.63) is 102 Å². The second kappa shape index (κ2) is 9.87. The van der Waals surface area contributed by atoms with Gasteiger partial charge in [-0.25, -0.2) is 8.42 Å². The maximum Gasteiger partial charge on any atom is 0.229 e. The Labute approximate surface area is 222 Å². The van der Waals surface area contributed by atoms with Crippen LogP contribution in [0.2, 0.25) is 0 Å². The minimum atomic E-state index is -3.48.